The predicted molar refractivity (Wildman–Crippen MR) is 134 cm³/mol. The summed E-state index contributed by atoms with van der Waals surface area (Å²) in [4.78, 5) is 34.6. The molecule has 2 aromatic heterocycles. The summed E-state index contributed by atoms with van der Waals surface area (Å²) in [6.45, 7) is 6.38. The highest BCUT2D eigenvalue weighted by Crippen LogP contribution is 2.19. The number of hydrogen-bond acceptors (Lipinski definition) is 6. The Bertz CT molecular complexity index is 1170. The van der Waals surface area contributed by atoms with Gasteiger partial charge in [0.1, 0.15) is 5.82 Å². The van der Waals surface area contributed by atoms with Gasteiger partial charge >= 0.3 is 12.1 Å². The van der Waals surface area contributed by atoms with Crippen molar-refractivity contribution in [1.82, 2.24) is 15.3 Å². The van der Waals surface area contributed by atoms with E-state index in [1.54, 1.807) is 6.20 Å². The van der Waals surface area contributed by atoms with Crippen molar-refractivity contribution in [2.45, 2.75) is 19.5 Å². The van der Waals surface area contributed by atoms with Crippen LogP contribution in [-0.4, -0.2) is 65.9 Å². The number of alkyl halides is 3. The molecule has 196 valence electrons. The third-order valence-electron chi connectivity index (χ3n) is 5.83. The van der Waals surface area contributed by atoms with Gasteiger partial charge in [-0.2, -0.15) is 13.2 Å². The van der Waals surface area contributed by atoms with E-state index in [1.165, 1.54) is 16.8 Å². The van der Waals surface area contributed by atoms with E-state index in [0.29, 0.717) is 12.1 Å². The van der Waals surface area contributed by atoms with E-state index in [1.807, 2.05) is 48.8 Å². The van der Waals surface area contributed by atoms with Crippen molar-refractivity contribution in [2.75, 3.05) is 42.5 Å². The highest BCUT2D eigenvalue weighted by atomic mass is 19.4. The molecular weight excluding hydrogens is 487 g/mol. The molecule has 1 amide bonds. The molecule has 0 unspecified atom stereocenters. The monoisotopic (exact) mass is 515 g/mol. The summed E-state index contributed by atoms with van der Waals surface area (Å²) >= 11 is 0. The number of aromatic nitrogens is 2. The van der Waals surface area contributed by atoms with E-state index in [0.717, 1.165) is 38.4 Å². The van der Waals surface area contributed by atoms with Gasteiger partial charge in [0.2, 0.25) is 0 Å². The molecule has 8 nitrogen and oxygen atoms in total. The molecule has 1 aliphatic heterocycles. The van der Waals surface area contributed by atoms with E-state index < -0.39 is 12.1 Å². The van der Waals surface area contributed by atoms with Crippen molar-refractivity contribution in [3.63, 3.8) is 0 Å². The SMILES string of the molecule is Cc1ccccc1CCNC(=O)c1ccc(N2CCN(c3ccncc3)CC2)nc1.O=C(O)C(F)(F)F. The number of hydrogen-bond donors (Lipinski definition) is 2. The molecule has 4 rings (SSSR count). The van der Waals surface area contributed by atoms with E-state index in [-0.39, 0.29) is 5.91 Å². The maximum Gasteiger partial charge on any atom is 0.490 e. The molecule has 0 aliphatic carbocycles. The molecule has 3 heterocycles. The molecule has 0 bridgehead atoms. The number of halogens is 3. The molecule has 1 saturated heterocycles. The number of piperazine rings is 1. The minimum absolute atomic E-state index is 0.0786. The van der Waals surface area contributed by atoms with Crippen LogP contribution >= 0.6 is 0 Å². The van der Waals surface area contributed by atoms with Crippen molar-refractivity contribution in [3.05, 3.63) is 83.8 Å². The summed E-state index contributed by atoms with van der Waals surface area (Å²) in [6.07, 6.45) is 1.07. The van der Waals surface area contributed by atoms with Gasteiger partial charge in [-0.3, -0.25) is 9.78 Å². The summed E-state index contributed by atoms with van der Waals surface area (Å²) < 4.78 is 31.7. The fourth-order valence-electron chi connectivity index (χ4n) is 3.76. The number of nitrogens with zero attached hydrogens (tertiary/aromatic N) is 4. The number of rotatable bonds is 6. The van der Waals surface area contributed by atoms with Crippen LogP contribution < -0.4 is 15.1 Å². The fraction of sp³-hybridized carbons (Fsp3) is 0.308. The second-order valence-corrected chi connectivity index (χ2v) is 8.32. The zero-order valence-corrected chi connectivity index (χ0v) is 20.3. The average molecular weight is 516 g/mol. The van der Waals surface area contributed by atoms with Crippen molar-refractivity contribution in [1.29, 1.82) is 0 Å². The normalized spacial score (nSPS) is 13.4. The molecule has 37 heavy (non-hydrogen) atoms. The first-order valence-electron chi connectivity index (χ1n) is 11.6. The third-order valence-corrected chi connectivity index (χ3v) is 5.83. The van der Waals surface area contributed by atoms with Crippen LogP contribution in [0.2, 0.25) is 0 Å². The van der Waals surface area contributed by atoms with Gasteiger partial charge in [-0.1, -0.05) is 24.3 Å². The van der Waals surface area contributed by atoms with E-state index in [2.05, 4.69) is 44.1 Å². The maximum atomic E-state index is 12.4. The van der Waals surface area contributed by atoms with Crippen molar-refractivity contribution in [3.8, 4) is 0 Å². The summed E-state index contributed by atoms with van der Waals surface area (Å²) in [5, 5.41) is 10.1. The highest BCUT2D eigenvalue weighted by Gasteiger charge is 2.38. The molecule has 2 N–H and O–H groups in total. The molecule has 3 aromatic rings. The second-order valence-electron chi connectivity index (χ2n) is 8.32. The minimum Gasteiger partial charge on any atom is -0.475 e. The third kappa shape index (κ3) is 8.19. The number of aryl methyl sites for hydroxylation is 1. The number of carbonyl (C=O) groups is 2. The van der Waals surface area contributed by atoms with Gasteiger partial charge in [0, 0.05) is 57.0 Å². The van der Waals surface area contributed by atoms with Gasteiger partial charge in [0.05, 0.1) is 5.56 Å². The second kappa shape index (κ2) is 12.7. The smallest absolute Gasteiger partial charge is 0.475 e. The Morgan fingerprint density at radius 2 is 1.59 bits per heavy atom. The summed E-state index contributed by atoms with van der Waals surface area (Å²) in [5.74, 6) is -1.92. The van der Waals surface area contributed by atoms with Crippen LogP contribution in [-0.2, 0) is 11.2 Å². The maximum absolute atomic E-state index is 12.4. The number of benzene rings is 1. The van der Waals surface area contributed by atoms with Gasteiger partial charge < -0.3 is 20.2 Å². The number of amides is 1. The largest absolute Gasteiger partial charge is 0.490 e. The number of carbonyl (C=O) groups excluding carboxylic acids is 1. The topological polar surface area (TPSA) is 98.7 Å². The number of anilines is 2. The standard InChI is InChI=1S/C24H27N5O.C2HF3O2/c1-19-4-2-3-5-20(19)8-13-26-24(30)21-6-7-23(27-18-21)29-16-14-28(15-17-29)22-9-11-25-12-10-22;3-2(4,5)1(6)7/h2-7,9-12,18H,8,13-17H2,1H3,(H,26,30);(H,6,7). The Morgan fingerprint density at radius 3 is 2.16 bits per heavy atom. The van der Waals surface area contributed by atoms with E-state index in [9.17, 15) is 18.0 Å². The van der Waals surface area contributed by atoms with Gasteiger partial charge in [0.25, 0.3) is 5.91 Å². The van der Waals surface area contributed by atoms with Crippen LogP contribution in [0.5, 0.6) is 0 Å². The first kappa shape index (κ1) is 27.4. The highest BCUT2D eigenvalue weighted by molar-refractivity contribution is 5.94. The lowest BCUT2D eigenvalue weighted by Gasteiger charge is -2.36. The quantitative estimate of drug-likeness (QED) is 0.516. The van der Waals surface area contributed by atoms with Crippen molar-refractivity contribution >= 4 is 23.4 Å². The van der Waals surface area contributed by atoms with Crippen molar-refractivity contribution in [2.24, 2.45) is 0 Å². The first-order chi connectivity index (χ1) is 17.6. The molecule has 1 fully saturated rings. The van der Waals surface area contributed by atoms with E-state index in [4.69, 9.17) is 9.90 Å². The molecule has 11 heteroatoms. The number of pyridine rings is 2. The molecule has 0 atom stereocenters. The van der Waals surface area contributed by atoms with Crippen LogP contribution in [0.15, 0.2) is 67.1 Å². The summed E-state index contributed by atoms with van der Waals surface area (Å²) in [5.41, 5.74) is 4.31. The Hall–Kier alpha value is -4.15. The summed E-state index contributed by atoms with van der Waals surface area (Å²) in [7, 11) is 0. The number of aliphatic carboxylic acids is 1. The Kier molecular flexibility index (Phi) is 9.42. The lowest BCUT2D eigenvalue weighted by atomic mass is 10.1. The van der Waals surface area contributed by atoms with Gasteiger partial charge in [-0.15, -0.1) is 0 Å². The van der Waals surface area contributed by atoms with Crippen LogP contribution in [0.1, 0.15) is 21.5 Å². The Balaban J connectivity index is 0.000000479. The minimum atomic E-state index is -5.08. The number of carboxylic acid groups (broad SMARTS) is 1. The first-order valence-corrected chi connectivity index (χ1v) is 11.6. The molecule has 0 radical (unpaired) electrons. The van der Waals surface area contributed by atoms with Gasteiger partial charge in [-0.25, -0.2) is 9.78 Å². The Labute approximate surface area is 212 Å². The lowest BCUT2D eigenvalue weighted by molar-refractivity contribution is -0.192. The van der Waals surface area contributed by atoms with Crippen LogP contribution in [0.4, 0.5) is 24.7 Å². The zero-order valence-electron chi connectivity index (χ0n) is 20.3. The van der Waals surface area contributed by atoms with Crippen LogP contribution in [0.25, 0.3) is 0 Å². The van der Waals surface area contributed by atoms with Crippen LogP contribution in [0.3, 0.4) is 0 Å². The van der Waals surface area contributed by atoms with Gasteiger partial charge in [0.15, 0.2) is 0 Å². The molecular formula is C26H28F3N5O3. The molecule has 1 aliphatic rings. The zero-order chi connectivity index (χ0) is 26.8. The van der Waals surface area contributed by atoms with Crippen molar-refractivity contribution < 1.29 is 27.9 Å². The van der Waals surface area contributed by atoms with Gasteiger partial charge in [-0.05, 0) is 48.7 Å². The summed E-state index contributed by atoms with van der Waals surface area (Å²) in [6, 6.07) is 16.1. The fourth-order valence-corrected chi connectivity index (χ4v) is 3.76. The molecule has 0 saturated carbocycles. The number of carboxylic acids is 1. The Morgan fingerprint density at radius 1 is 0.973 bits per heavy atom. The molecule has 0 spiro atoms. The lowest BCUT2D eigenvalue weighted by Crippen LogP contribution is -2.46. The predicted octanol–water partition coefficient (Wildman–Crippen LogP) is 3.72. The number of nitrogens with one attached hydrogen (secondary N) is 1. The van der Waals surface area contributed by atoms with E-state index >= 15 is 0 Å². The average Bonchev–Trinajstić information content (AvgIpc) is 2.90. The van der Waals surface area contributed by atoms with Crippen LogP contribution in [0, 0.1) is 6.92 Å². The molecule has 1 aromatic carbocycles.